The van der Waals surface area contributed by atoms with Crippen LogP contribution < -0.4 is 29.0 Å². The SMILES string of the molecule is COC(=O)c1ccc(NC(=O)COc2cccc(C3SC(c4ccc(F)cc4)=NN3C(=O)c3c(F)cc(F)cc3F)c2OC)cc1.COc1c(OCc2ccc(C(C)=O)cc2)cccc1C1SC(c2ccc(F)cc2)=NN1C(=O)c1ccccc1O.O=C(CCC1CC1)COc1ccccc1C1SC(c2ccc(F)cc2)=NN1C(=O)c1c(F)cc(F)cc1F. The van der Waals surface area contributed by atoms with Gasteiger partial charge in [-0.25, -0.2) is 59.3 Å². The lowest BCUT2D eigenvalue weighted by molar-refractivity contribution is -0.121. The fourth-order valence-corrected chi connectivity index (χ4v) is 16.3. The third-order valence-corrected chi connectivity index (χ3v) is 22.8. The van der Waals surface area contributed by atoms with E-state index in [0.29, 0.717) is 109 Å². The molecule has 3 atom stereocenters. The summed E-state index contributed by atoms with van der Waals surface area (Å²) >= 11 is 3.39. The van der Waals surface area contributed by atoms with E-state index in [-0.39, 0.29) is 64.0 Å². The van der Waals surface area contributed by atoms with Crippen LogP contribution in [0.5, 0.6) is 34.5 Å². The van der Waals surface area contributed by atoms with Crippen LogP contribution in [-0.4, -0.2) is 111 Å². The summed E-state index contributed by atoms with van der Waals surface area (Å²) in [5.74, 6) is -11.5. The summed E-state index contributed by atoms with van der Waals surface area (Å²) in [6.45, 7) is 1.11. The summed E-state index contributed by atoms with van der Waals surface area (Å²) in [6.07, 6.45) is 3.53. The van der Waals surface area contributed by atoms with Crippen molar-refractivity contribution in [2.24, 2.45) is 21.2 Å². The lowest BCUT2D eigenvalue weighted by Gasteiger charge is -2.24. The molecule has 634 valence electrons. The van der Waals surface area contributed by atoms with Gasteiger partial charge in [-0.05, 0) is 152 Å². The number of aromatic hydroxyl groups is 1. The molecular formula is C91H70F9N7O14S3. The molecule has 3 aliphatic heterocycles. The summed E-state index contributed by atoms with van der Waals surface area (Å²) in [7, 11) is 4.09. The maximum Gasteiger partial charge on any atom is 0.337 e. The van der Waals surface area contributed by atoms with Crippen molar-refractivity contribution in [1.82, 2.24) is 15.0 Å². The highest BCUT2D eigenvalue weighted by molar-refractivity contribution is 8.15. The first-order chi connectivity index (χ1) is 59.7. The Balaban J connectivity index is 0.000000161. The van der Waals surface area contributed by atoms with E-state index in [4.69, 9.17) is 23.7 Å². The molecule has 2 N–H and O–H groups in total. The number of Topliss-reactive ketones (excluding diaryl/α,β-unsaturated/α-hetero) is 2. The van der Waals surface area contributed by atoms with E-state index in [1.165, 1.54) is 148 Å². The first kappa shape index (κ1) is 88.1. The molecule has 1 aliphatic carbocycles. The number of hydrogen-bond donors (Lipinski definition) is 2. The van der Waals surface area contributed by atoms with E-state index < -0.39 is 110 Å². The quantitative estimate of drug-likeness (QED) is 0.0290. The Kier molecular flexibility index (Phi) is 28.4. The second kappa shape index (κ2) is 39.9. The number of benzene rings is 11. The number of rotatable bonds is 26. The van der Waals surface area contributed by atoms with Crippen LogP contribution in [0.3, 0.4) is 0 Å². The number of hydrogen-bond acceptors (Lipinski definition) is 20. The van der Waals surface area contributed by atoms with E-state index in [0.717, 1.165) is 58.4 Å². The molecule has 11 aromatic rings. The predicted molar refractivity (Wildman–Crippen MR) is 447 cm³/mol. The number of thioether (sulfide) groups is 3. The van der Waals surface area contributed by atoms with Gasteiger partial charge in [-0.15, -0.1) is 0 Å². The number of halogens is 9. The minimum Gasteiger partial charge on any atom is -0.507 e. The van der Waals surface area contributed by atoms with Gasteiger partial charge in [-0.2, -0.15) is 15.3 Å². The molecule has 11 aromatic carbocycles. The number of nitrogens with zero attached hydrogens (tertiary/aromatic N) is 6. The number of nitrogens with one attached hydrogen (secondary N) is 1. The van der Waals surface area contributed by atoms with Crippen LogP contribution in [0.4, 0.5) is 45.2 Å². The molecule has 1 saturated carbocycles. The molecule has 0 spiro atoms. The molecule has 33 heteroatoms. The lowest BCUT2D eigenvalue weighted by atomic mass is 10.1. The Morgan fingerprint density at radius 2 is 0.855 bits per heavy atom. The van der Waals surface area contributed by atoms with Gasteiger partial charge in [0.1, 0.15) is 119 Å². The van der Waals surface area contributed by atoms with Gasteiger partial charge < -0.3 is 38.8 Å². The van der Waals surface area contributed by atoms with Crippen molar-refractivity contribution < 1.29 is 107 Å². The van der Waals surface area contributed by atoms with Gasteiger partial charge in [-0.1, -0.05) is 127 Å². The number of ketones is 2. The average Bonchev–Trinajstić information content (AvgIpc) is 1.62. The summed E-state index contributed by atoms with van der Waals surface area (Å²) in [6, 6.07) is 54.1. The topological polar surface area (TPSA) is 254 Å². The van der Waals surface area contributed by atoms with Crippen LogP contribution in [0, 0.1) is 58.3 Å². The normalized spacial score (nSPS) is 15.1. The van der Waals surface area contributed by atoms with Crippen molar-refractivity contribution in [3.8, 4) is 34.5 Å². The van der Waals surface area contributed by atoms with Crippen molar-refractivity contribution in [3.63, 3.8) is 0 Å². The first-order valence-electron chi connectivity index (χ1n) is 37.8. The monoisotopic (exact) mass is 1750 g/mol. The number of hydrazone groups is 3. The zero-order chi connectivity index (χ0) is 88.0. The van der Waals surface area contributed by atoms with Crippen LogP contribution in [0.1, 0.15) is 139 Å². The Hall–Kier alpha value is -13.7. The Morgan fingerprint density at radius 3 is 1.31 bits per heavy atom. The van der Waals surface area contributed by atoms with E-state index in [1.54, 1.807) is 84.9 Å². The smallest absolute Gasteiger partial charge is 0.337 e. The van der Waals surface area contributed by atoms with Crippen molar-refractivity contribution in [2.45, 2.75) is 55.3 Å². The molecule has 1 fully saturated rings. The van der Waals surface area contributed by atoms with Crippen molar-refractivity contribution in [2.75, 3.05) is 39.9 Å². The fraction of sp³-hybridized carbons (Fsp3) is 0.165. The van der Waals surface area contributed by atoms with Crippen molar-refractivity contribution in [3.05, 3.63) is 350 Å². The van der Waals surface area contributed by atoms with Crippen LogP contribution in [0.2, 0.25) is 0 Å². The van der Waals surface area contributed by atoms with E-state index in [9.17, 15) is 78.2 Å². The molecule has 0 saturated heterocycles. The van der Waals surface area contributed by atoms with Crippen LogP contribution in [0.15, 0.2) is 246 Å². The third kappa shape index (κ3) is 21.1. The number of ether oxygens (including phenoxy) is 6. The van der Waals surface area contributed by atoms with Gasteiger partial charge >= 0.3 is 5.97 Å². The number of esters is 1. The Labute approximate surface area is 715 Å². The van der Waals surface area contributed by atoms with Crippen molar-refractivity contribution >= 4 is 97.3 Å². The highest BCUT2D eigenvalue weighted by atomic mass is 32.2. The number of carbonyl (C=O) groups is 7. The largest absolute Gasteiger partial charge is 0.507 e. The first-order valence-corrected chi connectivity index (χ1v) is 40.4. The van der Waals surface area contributed by atoms with Crippen molar-refractivity contribution in [1.29, 1.82) is 0 Å². The molecule has 124 heavy (non-hydrogen) atoms. The van der Waals surface area contributed by atoms with Gasteiger partial charge in [0, 0.05) is 75.3 Å². The molecule has 3 heterocycles. The van der Waals surface area contributed by atoms with Crippen LogP contribution in [0.25, 0.3) is 0 Å². The standard InChI is InChI=1S/C32H23F4N3O6S.C31H25FN2O5S.C28H22F4N2O3S/c1-43-28-22(4-3-5-25(28)45-16-26(40)37-21-12-8-18(9-13-21)32(42)44-2)31-39(30(41)27-23(35)14-20(34)15-24(27)36)38-29(46-31)17-6-10-19(33)11-7-17;1-19(35)21-12-10-20(11-13-21)18-39-27-9-5-7-25(28(27)38-2)31-34(30(37)24-6-3-4-8-26(24)36)33-29(40-31)22-14-16-23(32)17-15-22;29-18-10-8-17(9-11-18)26-33-34(27(36)25-22(31)13-19(30)14-23(25)32)28(38-26)21-3-1-2-4-24(21)37-15-20(35)12-7-16-5-6-16/h3-15,31H,16H2,1-2H3,(H,37,40);3-17,31,36H,18H2,1-2H3;1-4,8-11,13-14,16,28H,5-7,12,15H2. The zero-order valence-corrected chi connectivity index (χ0v) is 68.2. The molecule has 0 bridgehead atoms. The highest BCUT2D eigenvalue weighted by Gasteiger charge is 2.43. The van der Waals surface area contributed by atoms with Gasteiger partial charge in [0.05, 0.1) is 32.5 Å². The number of amides is 4. The highest BCUT2D eigenvalue weighted by Crippen LogP contribution is 2.51. The minimum absolute atomic E-state index is 0.0129. The van der Waals surface area contributed by atoms with Gasteiger partial charge in [-0.3, -0.25) is 28.8 Å². The van der Waals surface area contributed by atoms with Gasteiger partial charge in [0.25, 0.3) is 23.6 Å². The van der Waals surface area contributed by atoms with Crippen LogP contribution >= 0.6 is 35.3 Å². The van der Waals surface area contributed by atoms with Gasteiger partial charge in [0.15, 0.2) is 41.2 Å². The number of methoxy groups -OCH3 is 3. The summed E-state index contributed by atoms with van der Waals surface area (Å²) < 4.78 is 160. The fourth-order valence-electron chi connectivity index (χ4n) is 12.8. The number of para-hydroxylation sites is 4. The summed E-state index contributed by atoms with van der Waals surface area (Å²) in [5, 5.41) is 27.5. The van der Waals surface area contributed by atoms with E-state index in [2.05, 4.69) is 25.4 Å². The van der Waals surface area contributed by atoms with E-state index >= 15 is 0 Å². The summed E-state index contributed by atoms with van der Waals surface area (Å²) in [5.41, 5.74) is 3.15. The third-order valence-electron chi connectivity index (χ3n) is 19.2. The number of phenols is 1. The number of phenolic OH excluding ortho intramolecular Hbond substituents is 1. The number of anilines is 1. The maximum absolute atomic E-state index is 14.7. The zero-order valence-electron chi connectivity index (χ0n) is 65.8. The Bertz CT molecular complexity index is 5930. The molecule has 15 rings (SSSR count). The van der Waals surface area contributed by atoms with E-state index in [1.807, 2.05) is 18.2 Å². The molecule has 0 radical (unpaired) electrons. The minimum atomic E-state index is -1.42. The molecular weight excluding hydrogens is 1680 g/mol. The molecule has 3 unspecified atom stereocenters. The molecule has 4 aliphatic rings. The maximum atomic E-state index is 14.7. The second-order valence-corrected chi connectivity index (χ2v) is 30.9. The lowest BCUT2D eigenvalue weighted by Crippen LogP contribution is -2.28. The average molecular weight is 1750 g/mol. The Morgan fingerprint density at radius 1 is 0.444 bits per heavy atom. The van der Waals surface area contributed by atoms with Gasteiger partial charge in [0.2, 0.25) is 0 Å². The summed E-state index contributed by atoms with van der Waals surface area (Å²) in [4.78, 5) is 88.8. The molecule has 4 amide bonds. The predicted octanol–water partition coefficient (Wildman–Crippen LogP) is 19.5. The van der Waals surface area contributed by atoms with Crippen LogP contribution in [-0.2, 0) is 20.9 Å². The number of carbonyl (C=O) groups excluding carboxylic acids is 7. The molecule has 21 nitrogen and oxygen atoms in total. The second-order valence-electron chi connectivity index (χ2n) is 27.7. The molecule has 0 aromatic heterocycles.